The van der Waals surface area contributed by atoms with Crippen LogP contribution >= 0.6 is 0 Å². The Balaban J connectivity index is 1.18. The predicted octanol–water partition coefficient (Wildman–Crippen LogP) is 4.31. The molecule has 0 bridgehead atoms. The van der Waals surface area contributed by atoms with Gasteiger partial charge in [0.25, 0.3) is 0 Å². The van der Waals surface area contributed by atoms with Gasteiger partial charge in [-0.1, -0.05) is 30.3 Å². The van der Waals surface area contributed by atoms with Gasteiger partial charge in [-0.2, -0.15) is 0 Å². The molecule has 1 aromatic heterocycles. The molecule has 1 unspecified atom stereocenters. The highest BCUT2D eigenvalue weighted by Gasteiger charge is 2.43. The number of hydrogen-bond donors (Lipinski definition) is 1. The smallest absolute Gasteiger partial charge is 0.178 e. The number of Topliss-reactive ketones (excluding diaryl/α,β-unsaturated/α-hetero) is 1. The Morgan fingerprint density at radius 2 is 1.79 bits per heavy atom. The lowest BCUT2D eigenvalue weighted by Crippen LogP contribution is -2.28. The van der Waals surface area contributed by atoms with Gasteiger partial charge < -0.3 is 5.32 Å². The molecule has 172 valence electrons. The highest BCUT2D eigenvalue weighted by Crippen LogP contribution is 2.48. The lowest BCUT2D eigenvalue weighted by molar-refractivity contribution is -0.119. The Labute approximate surface area is 195 Å². The Morgan fingerprint density at radius 3 is 2.58 bits per heavy atom. The number of ketones is 1. The van der Waals surface area contributed by atoms with Gasteiger partial charge in [0.15, 0.2) is 9.84 Å². The number of fused-ring (bicyclic) bond motifs is 1. The van der Waals surface area contributed by atoms with E-state index in [-0.39, 0.29) is 23.4 Å². The molecule has 1 aliphatic carbocycles. The zero-order valence-electron chi connectivity index (χ0n) is 18.7. The van der Waals surface area contributed by atoms with Gasteiger partial charge in [0.05, 0.1) is 10.6 Å². The van der Waals surface area contributed by atoms with Crippen LogP contribution in [0, 0.1) is 11.8 Å². The van der Waals surface area contributed by atoms with Crippen molar-refractivity contribution in [1.29, 1.82) is 0 Å². The Morgan fingerprint density at radius 1 is 1.00 bits per heavy atom. The van der Waals surface area contributed by atoms with Crippen LogP contribution in [0.4, 0.5) is 0 Å². The summed E-state index contributed by atoms with van der Waals surface area (Å²) in [5, 5.41) is 5.49. The van der Waals surface area contributed by atoms with Crippen molar-refractivity contribution in [3.8, 4) is 0 Å². The number of carbonyl (C=O) groups is 1. The fourth-order valence-electron chi connectivity index (χ4n) is 5.03. The largest absolute Gasteiger partial charge is 0.317 e. The van der Waals surface area contributed by atoms with Crippen molar-refractivity contribution >= 4 is 26.4 Å². The maximum atomic E-state index is 12.8. The van der Waals surface area contributed by atoms with Crippen molar-refractivity contribution in [1.82, 2.24) is 10.3 Å². The SMILES string of the molecule is O=C(Cc1ccc2cnccc2c1)[C@@H]1CC1c1ccc(S(=O)(=O)CCC2CCNCC2)cc1. The minimum absolute atomic E-state index is 0.0282. The summed E-state index contributed by atoms with van der Waals surface area (Å²) in [5.74, 6) is 1.20. The molecule has 2 heterocycles. The van der Waals surface area contributed by atoms with Gasteiger partial charge in [-0.25, -0.2) is 8.42 Å². The molecular formula is C27H30N2O3S. The molecule has 1 saturated heterocycles. The maximum Gasteiger partial charge on any atom is 0.178 e. The van der Waals surface area contributed by atoms with Crippen molar-refractivity contribution in [3.05, 3.63) is 72.1 Å². The second-order valence-electron chi connectivity index (χ2n) is 9.52. The fourth-order valence-corrected chi connectivity index (χ4v) is 6.46. The van der Waals surface area contributed by atoms with Crippen LogP contribution in [0.3, 0.4) is 0 Å². The first-order valence-corrected chi connectivity index (χ1v) is 13.5. The average Bonchev–Trinajstić information content (AvgIpc) is 3.65. The zero-order valence-corrected chi connectivity index (χ0v) is 19.6. The van der Waals surface area contributed by atoms with Crippen molar-refractivity contribution in [2.24, 2.45) is 11.8 Å². The van der Waals surface area contributed by atoms with Gasteiger partial charge in [-0.15, -0.1) is 0 Å². The van der Waals surface area contributed by atoms with Crippen LogP contribution in [0.15, 0.2) is 65.8 Å². The maximum absolute atomic E-state index is 12.8. The molecule has 6 heteroatoms. The molecule has 2 atom stereocenters. The molecule has 33 heavy (non-hydrogen) atoms. The first kappa shape index (κ1) is 22.2. The minimum atomic E-state index is -3.26. The summed E-state index contributed by atoms with van der Waals surface area (Å²) in [7, 11) is -3.26. The molecule has 0 radical (unpaired) electrons. The van der Waals surface area contributed by atoms with Crippen LogP contribution < -0.4 is 5.32 Å². The molecule has 2 aromatic carbocycles. The van der Waals surface area contributed by atoms with Gasteiger partial charge in [0, 0.05) is 30.1 Å². The summed E-state index contributed by atoms with van der Waals surface area (Å²) >= 11 is 0. The summed E-state index contributed by atoms with van der Waals surface area (Å²) in [6.45, 7) is 1.97. The topological polar surface area (TPSA) is 76.1 Å². The zero-order chi connectivity index (χ0) is 22.8. The predicted molar refractivity (Wildman–Crippen MR) is 130 cm³/mol. The average molecular weight is 463 g/mol. The number of rotatable bonds is 8. The van der Waals surface area contributed by atoms with Crippen molar-refractivity contribution in [2.75, 3.05) is 18.8 Å². The number of nitrogens with zero attached hydrogens (tertiary/aromatic N) is 1. The number of pyridine rings is 1. The summed E-state index contributed by atoms with van der Waals surface area (Å²) in [6.07, 6.45) is 7.72. The van der Waals surface area contributed by atoms with Crippen LogP contribution in [-0.2, 0) is 21.1 Å². The third-order valence-corrected chi connectivity index (χ3v) is 8.97. The Kier molecular flexibility index (Phi) is 6.30. The molecule has 0 spiro atoms. The number of piperidine rings is 1. The monoisotopic (exact) mass is 462 g/mol. The van der Waals surface area contributed by atoms with Crippen molar-refractivity contribution < 1.29 is 13.2 Å². The number of nitrogens with one attached hydrogen (secondary N) is 1. The molecule has 1 N–H and O–H groups in total. The van der Waals surface area contributed by atoms with Crippen molar-refractivity contribution in [2.45, 2.75) is 42.9 Å². The summed E-state index contributed by atoms with van der Waals surface area (Å²) in [4.78, 5) is 17.4. The molecule has 0 amide bonds. The van der Waals surface area contributed by atoms with Crippen LogP contribution in [0.2, 0.25) is 0 Å². The number of hydrogen-bond acceptors (Lipinski definition) is 5. The van der Waals surface area contributed by atoms with Crippen LogP contribution in [0.25, 0.3) is 10.8 Å². The summed E-state index contributed by atoms with van der Waals surface area (Å²) < 4.78 is 25.5. The van der Waals surface area contributed by atoms with E-state index in [1.54, 1.807) is 18.3 Å². The van der Waals surface area contributed by atoms with E-state index in [1.807, 2.05) is 36.5 Å². The highest BCUT2D eigenvalue weighted by molar-refractivity contribution is 7.91. The minimum Gasteiger partial charge on any atom is -0.317 e. The van der Waals surface area contributed by atoms with E-state index >= 15 is 0 Å². The lowest BCUT2D eigenvalue weighted by atomic mass is 9.96. The second-order valence-corrected chi connectivity index (χ2v) is 11.6. The van der Waals surface area contributed by atoms with Crippen molar-refractivity contribution in [3.63, 3.8) is 0 Å². The molecule has 3 aromatic rings. The number of carbonyl (C=O) groups excluding carboxylic acids is 1. The van der Waals surface area contributed by atoms with E-state index in [0.29, 0.717) is 17.2 Å². The van der Waals surface area contributed by atoms with Crippen LogP contribution in [0.1, 0.15) is 42.7 Å². The fraction of sp³-hybridized carbons (Fsp3) is 0.407. The molecule has 1 aliphatic heterocycles. The highest BCUT2D eigenvalue weighted by atomic mass is 32.2. The third kappa shape index (κ3) is 5.17. The molecule has 5 nitrogen and oxygen atoms in total. The first-order chi connectivity index (χ1) is 16.0. The summed E-state index contributed by atoms with van der Waals surface area (Å²) in [6, 6.07) is 15.3. The molecular weight excluding hydrogens is 432 g/mol. The van der Waals surface area contributed by atoms with E-state index in [0.717, 1.165) is 60.7 Å². The number of sulfone groups is 1. The quantitative estimate of drug-likeness (QED) is 0.540. The van der Waals surface area contributed by atoms with Gasteiger partial charge in [0.1, 0.15) is 5.78 Å². The van der Waals surface area contributed by atoms with E-state index in [1.165, 1.54) is 0 Å². The van der Waals surface area contributed by atoms with Gasteiger partial charge in [0.2, 0.25) is 0 Å². The Bertz CT molecular complexity index is 1250. The van der Waals surface area contributed by atoms with Crippen LogP contribution in [0.5, 0.6) is 0 Å². The van der Waals surface area contributed by atoms with Gasteiger partial charge >= 0.3 is 0 Å². The van der Waals surface area contributed by atoms with E-state index in [4.69, 9.17) is 0 Å². The van der Waals surface area contributed by atoms with Gasteiger partial charge in [-0.3, -0.25) is 9.78 Å². The van der Waals surface area contributed by atoms with E-state index in [9.17, 15) is 13.2 Å². The molecule has 5 rings (SSSR count). The molecule has 2 aliphatic rings. The number of aromatic nitrogens is 1. The third-order valence-electron chi connectivity index (χ3n) is 7.21. The summed E-state index contributed by atoms with van der Waals surface area (Å²) in [5.41, 5.74) is 2.09. The van der Waals surface area contributed by atoms with Crippen LogP contribution in [-0.4, -0.2) is 38.0 Å². The first-order valence-electron chi connectivity index (χ1n) is 11.9. The Hall–Kier alpha value is -2.57. The molecule has 1 saturated carbocycles. The standard InChI is InChI=1S/C27H30N2O3S/c30-27(16-20-1-2-23-18-29-13-9-22(23)15-20)26-17-25(26)21-3-5-24(6-4-21)33(31,32)14-10-19-7-11-28-12-8-19/h1-6,9,13,15,18-19,25-26,28H,7-8,10-12,14,16-17H2/t25?,26-/m1/s1. The number of benzene rings is 2. The van der Waals surface area contributed by atoms with E-state index < -0.39 is 9.84 Å². The normalized spacial score (nSPS) is 21.2. The lowest BCUT2D eigenvalue weighted by Gasteiger charge is -2.22. The molecule has 2 fully saturated rings. The van der Waals surface area contributed by atoms with E-state index in [2.05, 4.69) is 16.4 Å². The second kappa shape index (κ2) is 9.35. The van der Waals surface area contributed by atoms with Gasteiger partial charge in [-0.05, 0) is 85.3 Å².